The molecule has 1 nitrogen and oxygen atoms in total. The van der Waals surface area contributed by atoms with Gasteiger partial charge in [-0.2, -0.15) is 0 Å². The molecule has 0 aromatic carbocycles. The Balaban J connectivity index is 2.24. The highest BCUT2D eigenvalue weighted by Gasteiger charge is 2.20. The van der Waals surface area contributed by atoms with Crippen molar-refractivity contribution < 1.29 is 4.79 Å². The van der Waals surface area contributed by atoms with Crippen LogP contribution in [0.5, 0.6) is 0 Å². The van der Waals surface area contributed by atoms with Crippen molar-refractivity contribution in [3.63, 3.8) is 0 Å². The van der Waals surface area contributed by atoms with Crippen LogP contribution < -0.4 is 0 Å². The van der Waals surface area contributed by atoms with Crippen molar-refractivity contribution in [2.45, 2.75) is 38.0 Å². The first-order chi connectivity index (χ1) is 6.81. The van der Waals surface area contributed by atoms with E-state index < -0.39 is 0 Å². The molecule has 1 heterocycles. The minimum absolute atomic E-state index is 0.631. The SMILES string of the molecule is O=Cc1sc(Br)cc1C1CCCCC1. The Morgan fingerprint density at radius 3 is 2.71 bits per heavy atom. The maximum absolute atomic E-state index is 10.9. The summed E-state index contributed by atoms with van der Waals surface area (Å²) >= 11 is 5.01. The summed E-state index contributed by atoms with van der Waals surface area (Å²) < 4.78 is 1.08. The molecule has 1 aliphatic rings. The molecule has 1 aliphatic carbocycles. The standard InChI is InChI=1S/C11H13BrOS/c12-11-6-9(10(7-13)14-11)8-4-2-1-3-5-8/h6-8H,1-5H2. The second kappa shape index (κ2) is 4.58. The largest absolute Gasteiger partial charge is 0.297 e. The number of carbonyl (C=O) groups is 1. The lowest BCUT2D eigenvalue weighted by atomic mass is 9.84. The molecule has 0 amide bonds. The van der Waals surface area contributed by atoms with Crippen molar-refractivity contribution in [2.75, 3.05) is 0 Å². The zero-order valence-electron chi connectivity index (χ0n) is 7.96. The summed E-state index contributed by atoms with van der Waals surface area (Å²) in [5, 5.41) is 0. The van der Waals surface area contributed by atoms with Crippen molar-refractivity contribution in [1.82, 2.24) is 0 Å². The minimum atomic E-state index is 0.631. The molecule has 0 spiro atoms. The molecule has 3 heteroatoms. The molecule has 1 aromatic heterocycles. The zero-order valence-corrected chi connectivity index (χ0v) is 10.4. The quantitative estimate of drug-likeness (QED) is 0.731. The number of rotatable bonds is 2. The summed E-state index contributed by atoms with van der Waals surface area (Å²) in [5.41, 5.74) is 1.27. The number of aldehydes is 1. The highest BCUT2D eigenvalue weighted by molar-refractivity contribution is 9.11. The summed E-state index contributed by atoms with van der Waals surface area (Å²) in [6.07, 6.45) is 7.50. The summed E-state index contributed by atoms with van der Waals surface area (Å²) in [4.78, 5) is 11.8. The highest BCUT2D eigenvalue weighted by Crippen LogP contribution is 2.38. The van der Waals surface area contributed by atoms with Crippen LogP contribution in [-0.2, 0) is 0 Å². The van der Waals surface area contributed by atoms with Gasteiger partial charge in [0.15, 0.2) is 6.29 Å². The van der Waals surface area contributed by atoms with E-state index in [1.807, 2.05) is 0 Å². The van der Waals surface area contributed by atoms with Gasteiger partial charge in [0.2, 0.25) is 0 Å². The van der Waals surface area contributed by atoms with E-state index in [1.54, 1.807) is 11.3 Å². The third-order valence-corrected chi connectivity index (χ3v) is 4.49. The minimum Gasteiger partial charge on any atom is -0.297 e. The Hall–Kier alpha value is -0.150. The molecule has 76 valence electrons. The third-order valence-electron chi connectivity index (χ3n) is 2.91. The van der Waals surface area contributed by atoms with E-state index in [2.05, 4.69) is 22.0 Å². The Morgan fingerprint density at radius 2 is 2.07 bits per heavy atom. The molecule has 1 aromatic rings. The monoisotopic (exact) mass is 272 g/mol. The predicted molar refractivity (Wildman–Crippen MR) is 63.2 cm³/mol. The first-order valence-corrected chi connectivity index (χ1v) is 6.66. The van der Waals surface area contributed by atoms with Crippen LogP contribution in [0.4, 0.5) is 0 Å². The molecular formula is C11H13BrOS. The second-order valence-corrected chi connectivity index (χ2v) is 6.29. The van der Waals surface area contributed by atoms with Gasteiger partial charge in [-0.15, -0.1) is 11.3 Å². The maximum Gasteiger partial charge on any atom is 0.160 e. The highest BCUT2D eigenvalue weighted by atomic mass is 79.9. The number of hydrogen-bond acceptors (Lipinski definition) is 2. The topological polar surface area (TPSA) is 17.1 Å². The summed E-state index contributed by atoms with van der Waals surface area (Å²) in [7, 11) is 0. The number of halogens is 1. The van der Waals surface area contributed by atoms with Crippen molar-refractivity contribution in [2.24, 2.45) is 0 Å². The van der Waals surface area contributed by atoms with Crippen LogP contribution in [0.2, 0.25) is 0 Å². The molecule has 0 aliphatic heterocycles. The Labute approximate surface area is 96.6 Å². The molecule has 2 rings (SSSR count). The molecule has 0 saturated heterocycles. The number of carbonyl (C=O) groups excluding carboxylic acids is 1. The van der Waals surface area contributed by atoms with Crippen LogP contribution in [-0.4, -0.2) is 6.29 Å². The van der Waals surface area contributed by atoms with Crippen LogP contribution in [0.1, 0.15) is 53.3 Å². The molecular weight excluding hydrogens is 260 g/mol. The van der Waals surface area contributed by atoms with Crippen LogP contribution in [0.25, 0.3) is 0 Å². The van der Waals surface area contributed by atoms with E-state index in [0.717, 1.165) is 14.9 Å². The summed E-state index contributed by atoms with van der Waals surface area (Å²) in [6.45, 7) is 0. The predicted octanol–water partition coefficient (Wildman–Crippen LogP) is 4.37. The molecule has 0 atom stereocenters. The van der Waals surface area contributed by atoms with E-state index in [-0.39, 0.29) is 0 Å². The average molecular weight is 273 g/mol. The lowest BCUT2D eigenvalue weighted by molar-refractivity contribution is 0.112. The maximum atomic E-state index is 10.9. The average Bonchev–Trinajstić information content (AvgIpc) is 2.61. The van der Waals surface area contributed by atoms with Crippen LogP contribution in [0, 0.1) is 0 Å². The van der Waals surface area contributed by atoms with Crippen LogP contribution in [0.15, 0.2) is 9.85 Å². The van der Waals surface area contributed by atoms with Gasteiger partial charge in [0, 0.05) is 0 Å². The van der Waals surface area contributed by atoms with Crippen molar-refractivity contribution in [3.05, 3.63) is 20.3 Å². The lowest BCUT2D eigenvalue weighted by Gasteiger charge is -2.21. The van der Waals surface area contributed by atoms with E-state index in [4.69, 9.17) is 0 Å². The molecule has 0 N–H and O–H groups in total. The molecule has 1 fully saturated rings. The smallest absolute Gasteiger partial charge is 0.160 e. The van der Waals surface area contributed by atoms with Gasteiger partial charge in [0.25, 0.3) is 0 Å². The fraction of sp³-hybridized carbons (Fsp3) is 0.545. The number of hydrogen-bond donors (Lipinski definition) is 0. The second-order valence-electron chi connectivity index (χ2n) is 3.82. The van der Waals surface area contributed by atoms with Crippen LogP contribution in [0.3, 0.4) is 0 Å². The fourth-order valence-electron chi connectivity index (χ4n) is 2.21. The van der Waals surface area contributed by atoms with Crippen molar-refractivity contribution in [1.29, 1.82) is 0 Å². The first kappa shape index (κ1) is 10.4. The molecule has 1 saturated carbocycles. The molecule has 0 unspecified atom stereocenters. The van der Waals surface area contributed by atoms with Gasteiger partial charge < -0.3 is 0 Å². The van der Waals surface area contributed by atoms with E-state index in [1.165, 1.54) is 37.7 Å². The number of thiophene rings is 1. The van der Waals surface area contributed by atoms with Gasteiger partial charge in [0.1, 0.15) is 0 Å². The van der Waals surface area contributed by atoms with E-state index in [0.29, 0.717) is 5.92 Å². The van der Waals surface area contributed by atoms with Crippen LogP contribution >= 0.6 is 27.3 Å². The lowest BCUT2D eigenvalue weighted by Crippen LogP contribution is -2.04. The Bertz CT molecular complexity index is 326. The van der Waals surface area contributed by atoms with Gasteiger partial charge >= 0.3 is 0 Å². The zero-order chi connectivity index (χ0) is 9.97. The Morgan fingerprint density at radius 1 is 1.36 bits per heavy atom. The summed E-state index contributed by atoms with van der Waals surface area (Å²) in [6, 6.07) is 2.13. The summed E-state index contributed by atoms with van der Waals surface area (Å²) in [5.74, 6) is 0.631. The van der Waals surface area contributed by atoms with Crippen molar-refractivity contribution in [3.8, 4) is 0 Å². The fourth-order valence-corrected chi connectivity index (χ4v) is 3.77. The van der Waals surface area contributed by atoms with Gasteiger partial charge in [-0.05, 0) is 46.3 Å². The third kappa shape index (κ3) is 2.09. The van der Waals surface area contributed by atoms with Gasteiger partial charge in [-0.25, -0.2) is 0 Å². The van der Waals surface area contributed by atoms with E-state index >= 15 is 0 Å². The Kier molecular flexibility index (Phi) is 3.39. The molecule has 0 radical (unpaired) electrons. The molecule has 0 bridgehead atoms. The van der Waals surface area contributed by atoms with E-state index in [9.17, 15) is 4.79 Å². The van der Waals surface area contributed by atoms with Gasteiger partial charge in [-0.1, -0.05) is 19.3 Å². The normalized spacial score (nSPS) is 18.4. The first-order valence-electron chi connectivity index (χ1n) is 5.05. The van der Waals surface area contributed by atoms with Gasteiger partial charge in [0.05, 0.1) is 8.66 Å². The molecule has 14 heavy (non-hydrogen) atoms. The van der Waals surface area contributed by atoms with Crippen molar-refractivity contribution >= 4 is 33.6 Å². The van der Waals surface area contributed by atoms with Gasteiger partial charge in [-0.3, -0.25) is 4.79 Å².